The van der Waals surface area contributed by atoms with Gasteiger partial charge in [0.05, 0.1) is 5.39 Å². The molecular weight excluding hydrogens is 385 g/mol. The van der Waals surface area contributed by atoms with Crippen LogP contribution in [-0.2, 0) is 6.54 Å². The Morgan fingerprint density at radius 1 is 1.03 bits per heavy atom. The minimum Gasteiger partial charge on any atom is -0.348 e. The van der Waals surface area contributed by atoms with Crippen molar-refractivity contribution >= 4 is 22.5 Å². The number of ketones is 1. The van der Waals surface area contributed by atoms with Crippen LogP contribution in [0.25, 0.3) is 10.8 Å². The Balaban J connectivity index is 1.83. The molecule has 0 saturated carbocycles. The number of aromatic nitrogens is 2. The number of nitrogens with one attached hydrogen (secondary N) is 1. The van der Waals surface area contributed by atoms with Gasteiger partial charge in [-0.3, -0.25) is 14.4 Å². The van der Waals surface area contributed by atoms with Gasteiger partial charge in [-0.1, -0.05) is 32.0 Å². The maximum absolute atomic E-state index is 13.0. The van der Waals surface area contributed by atoms with E-state index in [0.717, 1.165) is 0 Å². The minimum atomic E-state index is -0.471. The zero-order chi connectivity index (χ0) is 21.8. The minimum absolute atomic E-state index is 0.0565. The normalized spacial score (nSPS) is 12.2. The lowest BCUT2D eigenvalue weighted by atomic mass is 10.0. The number of hydrogen-bond donors (Lipinski definition) is 1. The van der Waals surface area contributed by atoms with Gasteiger partial charge < -0.3 is 5.32 Å². The molecule has 1 heterocycles. The molecule has 3 aromatic rings. The second-order valence-corrected chi connectivity index (χ2v) is 7.78. The fourth-order valence-corrected chi connectivity index (χ4v) is 3.25. The summed E-state index contributed by atoms with van der Waals surface area (Å²) in [6.07, 6.45) is 0.0565. The topological polar surface area (TPSA) is 81.1 Å². The van der Waals surface area contributed by atoms with Crippen molar-refractivity contribution in [1.29, 1.82) is 0 Å². The molecule has 0 bridgehead atoms. The summed E-state index contributed by atoms with van der Waals surface area (Å²) in [5.74, 6) is -0.893. The average molecular weight is 409 g/mol. The molecule has 0 aliphatic heterocycles. The molecule has 2 aromatic carbocycles. The number of carbonyl (C=O) groups is 2. The molecular formula is C23H24FN3O3. The van der Waals surface area contributed by atoms with Crippen LogP contribution in [-0.4, -0.2) is 27.5 Å². The van der Waals surface area contributed by atoms with Crippen LogP contribution in [0.3, 0.4) is 0 Å². The van der Waals surface area contributed by atoms with Crippen LogP contribution in [0.2, 0.25) is 0 Å². The summed E-state index contributed by atoms with van der Waals surface area (Å²) in [5, 5.41) is 7.99. The monoisotopic (exact) mass is 409 g/mol. The first-order chi connectivity index (χ1) is 14.3. The van der Waals surface area contributed by atoms with E-state index in [9.17, 15) is 18.8 Å². The predicted molar refractivity (Wildman–Crippen MR) is 113 cm³/mol. The molecule has 0 spiro atoms. The van der Waals surface area contributed by atoms with E-state index in [-0.39, 0.29) is 29.4 Å². The molecule has 3 rings (SSSR count). The number of nitrogens with zero attached hydrogens (tertiary/aromatic N) is 2. The lowest BCUT2D eigenvalue weighted by Gasteiger charge is -2.16. The number of rotatable bonds is 7. The maximum atomic E-state index is 13.0. The molecule has 7 heteroatoms. The molecule has 1 aromatic heterocycles. The van der Waals surface area contributed by atoms with Crippen LogP contribution in [0.15, 0.2) is 53.3 Å². The molecule has 1 unspecified atom stereocenters. The number of benzene rings is 2. The fourth-order valence-electron chi connectivity index (χ4n) is 3.25. The van der Waals surface area contributed by atoms with E-state index in [1.165, 1.54) is 28.9 Å². The SMILES string of the molecule is CC(C)Cn1nc(C(=O)NC(C)CC(=O)c2ccc(F)cc2)c2ccccc2c1=O. The van der Waals surface area contributed by atoms with Crippen LogP contribution in [0, 0.1) is 11.7 Å². The Morgan fingerprint density at radius 2 is 1.67 bits per heavy atom. The lowest BCUT2D eigenvalue weighted by Crippen LogP contribution is -2.37. The fraction of sp³-hybridized carbons (Fsp3) is 0.304. The van der Waals surface area contributed by atoms with E-state index in [1.54, 1.807) is 31.2 Å². The molecule has 0 fully saturated rings. The molecule has 156 valence electrons. The summed E-state index contributed by atoms with van der Waals surface area (Å²) in [7, 11) is 0. The maximum Gasteiger partial charge on any atom is 0.274 e. The van der Waals surface area contributed by atoms with Gasteiger partial charge in [-0.2, -0.15) is 5.10 Å². The van der Waals surface area contributed by atoms with Gasteiger partial charge in [0, 0.05) is 30.0 Å². The highest BCUT2D eigenvalue weighted by molar-refractivity contribution is 6.05. The molecule has 1 atom stereocenters. The van der Waals surface area contributed by atoms with Crippen LogP contribution in [0.4, 0.5) is 4.39 Å². The van der Waals surface area contributed by atoms with Crippen molar-refractivity contribution in [3.05, 3.63) is 76.0 Å². The molecule has 0 aliphatic rings. The Morgan fingerprint density at radius 3 is 2.30 bits per heavy atom. The van der Waals surface area contributed by atoms with Crippen molar-refractivity contribution < 1.29 is 14.0 Å². The number of hydrogen-bond acceptors (Lipinski definition) is 4. The number of fused-ring (bicyclic) bond motifs is 1. The third-order valence-corrected chi connectivity index (χ3v) is 4.66. The van der Waals surface area contributed by atoms with E-state index >= 15 is 0 Å². The van der Waals surface area contributed by atoms with E-state index in [4.69, 9.17) is 0 Å². The summed E-state index contributed by atoms with van der Waals surface area (Å²) in [6, 6.07) is 11.7. The zero-order valence-corrected chi connectivity index (χ0v) is 17.2. The lowest BCUT2D eigenvalue weighted by molar-refractivity contribution is 0.0913. The van der Waals surface area contributed by atoms with Gasteiger partial charge >= 0.3 is 0 Å². The van der Waals surface area contributed by atoms with Gasteiger partial charge in [-0.05, 0) is 43.2 Å². The summed E-state index contributed by atoms with van der Waals surface area (Å²) in [6.45, 7) is 6.03. The Labute approximate surface area is 173 Å². The van der Waals surface area contributed by atoms with E-state index < -0.39 is 17.8 Å². The Hall–Kier alpha value is -3.35. The highest BCUT2D eigenvalue weighted by atomic mass is 19.1. The highest BCUT2D eigenvalue weighted by Gasteiger charge is 2.20. The first kappa shape index (κ1) is 21.4. The smallest absolute Gasteiger partial charge is 0.274 e. The van der Waals surface area contributed by atoms with Crippen molar-refractivity contribution in [1.82, 2.24) is 15.1 Å². The Bertz CT molecular complexity index is 1140. The molecule has 0 radical (unpaired) electrons. The number of Topliss-reactive ketones (excluding diaryl/α,β-unsaturated/α-hetero) is 1. The first-order valence-corrected chi connectivity index (χ1v) is 9.85. The Kier molecular flexibility index (Phi) is 6.40. The van der Waals surface area contributed by atoms with Gasteiger partial charge in [-0.15, -0.1) is 0 Å². The molecule has 1 N–H and O–H groups in total. The van der Waals surface area contributed by atoms with Crippen LogP contribution >= 0.6 is 0 Å². The summed E-state index contributed by atoms with van der Waals surface area (Å²) < 4.78 is 14.4. The first-order valence-electron chi connectivity index (χ1n) is 9.85. The van der Waals surface area contributed by atoms with Gasteiger partial charge in [-0.25, -0.2) is 9.07 Å². The van der Waals surface area contributed by atoms with Crippen molar-refractivity contribution in [2.24, 2.45) is 5.92 Å². The zero-order valence-electron chi connectivity index (χ0n) is 17.2. The number of carbonyl (C=O) groups excluding carboxylic acids is 2. The summed E-state index contributed by atoms with van der Waals surface area (Å²) >= 11 is 0. The highest BCUT2D eigenvalue weighted by Crippen LogP contribution is 2.15. The molecule has 30 heavy (non-hydrogen) atoms. The van der Waals surface area contributed by atoms with Gasteiger partial charge in [0.2, 0.25) is 0 Å². The van der Waals surface area contributed by atoms with E-state index in [0.29, 0.717) is 22.9 Å². The third kappa shape index (κ3) is 4.79. The van der Waals surface area contributed by atoms with Crippen LogP contribution in [0.1, 0.15) is 48.0 Å². The van der Waals surface area contributed by atoms with Crippen molar-refractivity contribution in [3.63, 3.8) is 0 Å². The average Bonchev–Trinajstić information content (AvgIpc) is 2.70. The quantitative estimate of drug-likeness (QED) is 0.605. The van der Waals surface area contributed by atoms with Gasteiger partial charge in [0.1, 0.15) is 5.82 Å². The van der Waals surface area contributed by atoms with E-state index in [2.05, 4.69) is 10.4 Å². The van der Waals surface area contributed by atoms with E-state index in [1.807, 2.05) is 13.8 Å². The summed E-state index contributed by atoms with van der Waals surface area (Å²) in [4.78, 5) is 38.0. The van der Waals surface area contributed by atoms with Crippen LogP contribution < -0.4 is 10.9 Å². The molecule has 0 saturated heterocycles. The largest absolute Gasteiger partial charge is 0.348 e. The molecule has 1 amide bonds. The van der Waals surface area contributed by atoms with Crippen LogP contribution in [0.5, 0.6) is 0 Å². The summed E-state index contributed by atoms with van der Waals surface area (Å²) in [5.41, 5.74) is 0.286. The second-order valence-electron chi connectivity index (χ2n) is 7.78. The standard InChI is InChI=1S/C23H24FN3O3/c1-14(2)13-27-23(30)19-7-5-4-6-18(19)21(26-27)22(29)25-15(3)12-20(28)16-8-10-17(24)11-9-16/h4-11,14-15H,12-13H2,1-3H3,(H,25,29). The van der Waals surface area contributed by atoms with Gasteiger partial charge in [0.15, 0.2) is 11.5 Å². The van der Waals surface area contributed by atoms with Crippen molar-refractivity contribution in [3.8, 4) is 0 Å². The third-order valence-electron chi connectivity index (χ3n) is 4.66. The predicted octanol–water partition coefficient (Wildman–Crippen LogP) is 3.58. The number of amides is 1. The molecule has 6 nitrogen and oxygen atoms in total. The second kappa shape index (κ2) is 8.98. The van der Waals surface area contributed by atoms with Crippen molar-refractivity contribution in [2.75, 3.05) is 0 Å². The number of halogens is 1. The van der Waals surface area contributed by atoms with Gasteiger partial charge in [0.25, 0.3) is 11.5 Å². The van der Waals surface area contributed by atoms with Crippen molar-refractivity contribution in [2.45, 2.75) is 39.8 Å². The molecule has 0 aliphatic carbocycles.